The zero-order valence-corrected chi connectivity index (χ0v) is 7.46. The first-order chi connectivity index (χ1) is 6.90. The Labute approximate surface area is 81.5 Å². The second-order valence-electron chi connectivity index (χ2n) is 2.83. The van der Waals surface area contributed by atoms with Crippen molar-refractivity contribution in [1.82, 2.24) is 14.5 Å². The number of hydrogen-bond acceptors (Lipinski definition) is 3. The first-order valence-electron chi connectivity index (χ1n) is 4.20. The van der Waals surface area contributed by atoms with Crippen LogP contribution in [0.1, 0.15) is 11.4 Å². The van der Waals surface area contributed by atoms with Crippen LogP contribution in [0.3, 0.4) is 0 Å². The zero-order chi connectivity index (χ0) is 9.80. The van der Waals surface area contributed by atoms with E-state index < -0.39 is 0 Å². The molecule has 0 radical (unpaired) electrons. The summed E-state index contributed by atoms with van der Waals surface area (Å²) in [6, 6.07) is 5.73. The summed E-state index contributed by atoms with van der Waals surface area (Å²) < 4.78 is 1.84. The van der Waals surface area contributed by atoms with Gasteiger partial charge in [-0.1, -0.05) is 0 Å². The van der Waals surface area contributed by atoms with Gasteiger partial charge in [-0.05, 0) is 12.1 Å². The summed E-state index contributed by atoms with van der Waals surface area (Å²) in [4.78, 5) is 8.10. The van der Waals surface area contributed by atoms with Gasteiger partial charge in [0.2, 0.25) is 0 Å². The predicted molar refractivity (Wildman–Crippen MR) is 50.3 cm³/mol. The van der Waals surface area contributed by atoms with Crippen LogP contribution in [0.5, 0.6) is 0 Å². The summed E-state index contributed by atoms with van der Waals surface area (Å²) in [7, 11) is 0. The van der Waals surface area contributed by atoms with Crippen molar-refractivity contribution >= 4 is 0 Å². The van der Waals surface area contributed by atoms with Crippen LogP contribution in [0, 0.1) is 11.3 Å². The lowest BCUT2D eigenvalue weighted by Gasteiger charge is -2.02. The van der Waals surface area contributed by atoms with Crippen LogP contribution in [0.15, 0.2) is 36.9 Å². The quantitative estimate of drug-likeness (QED) is 0.704. The highest BCUT2D eigenvalue weighted by atomic mass is 15.0. The Morgan fingerprint density at radius 2 is 2.36 bits per heavy atom. The van der Waals surface area contributed by atoms with Gasteiger partial charge in [-0.3, -0.25) is 9.97 Å². The van der Waals surface area contributed by atoms with Gasteiger partial charge in [0, 0.05) is 18.6 Å². The number of nitrogens with zero attached hydrogens (tertiary/aromatic N) is 4. The topological polar surface area (TPSA) is 54.5 Å². The van der Waals surface area contributed by atoms with Gasteiger partial charge in [0.25, 0.3) is 0 Å². The molecule has 0 amide bonds. The third-order valence-corrected chi connectivity index (χ3v) is 1.89. The molecule has 4 nitrogen and oxygen atoms in total. The zero-order valence-electron chi connectivity index (χ0n) is 7.46. The van der Waals surface area contributed by atoms with Crippen LogP contribution in [0.25, 0.3) is 0 Å². The fourth-order valence-corrected chi connectivity index (χ4v) is 1.24. The van der Waals surface area contributed by atoms with Gasteiger partial charge < -0.3 is 4.57 Å². The predicted octanol–water partition coefficient (Wildman–Crippen LogP) is 1.20. The number of nitriles is 1. The minimum absolute atomic E-state index is 0.587. The average molecular weight is 184 g/mol. The number of hydrogen-bond donors (Lipinski definition) is 0. The maximum Gasteiger partial charge on any atom is 0.120 e. The Bertz CT molecular complexity index is 452. The van der Waals surface area contributed by atoms with Crippen molar-refractivity contribution in [2.24, 2.45) is 0 Å². The van der Waals surface area contributed by atoms with E-state index in [1.165, 1.54) is 0 Å². The van der Waals surface area contributed by atoms with Crippen molar-refractivity contribution in [2.45, 2.75) is 6.54 Å². The molecule has 0 fully saturated rings. The molecule has 0 saturated carbocycles. The summed E-state index contributed by atoms with van der Waals surface area (Å²) in [5.74, 6) is 0. The molecule has 14 heavy (non-hydrogen) atoms. The van der Waals surface area contributed by atoms with E-state index in [4.69, 9.17) is 5.26 Å². The molecule has 2 aromatic rings. The van der Waals surface area contributed by atoms with E-state index in [2.05, 4.69) is 16.0 Å². The lowest BCUT2D eigenvalue weighted by Crippen LogP contribution is -2.02. The third-order valence-electron chi connectivity index (χ3n) is 1.89. The third kappa shape index (κ3) is 1.62. The normalized spacial score (nSPS) is 9.64. The Hall–Kier alpha value is -2.15. The molecular weight excluding hydrogens is 176 g/mol. The van der Waals surface area contributed by atoms with E-state index in [0.29, 0.717) is 12.2 Å². The summed E-state index contributed by atoms with van der Waals surface area (Å²) >= 11 is 0. The van der Waals surface area contributed by atoms with Crippen LogP contribution in [0.4, 0.5) is 0 Å². The molecule has 0 bridgehead atoms. The molecule has 0 unspecified atom stereocenters. The van der Waals surface area contributed by atoms with Gasteiger partial charge in [0.05, 0.1) is 18.4 Å². The van der Waals surface area contributed by atoms with Gasteiger partial charge in [-0.25, -0.2) is 0 Å². The van der Waals surface area contributed by atoms with Crippen LogP contribution in [-0.2, 0) is 6.54 Å². The van der Waals surface area contributed by atoms with Crippen LogP contribution in [-0.4, -0.2) is 14.5 Å². The van der Waals surface area contributed by atoms with E-state index >= 15 is 0 Å². The molecule has 0 aromatic carbocycles. The van der Waals surface area contributed by atoms with E-state index in [-0.39, 0.29) is 0 Å². The van der Waals surface area contributed by atoms with E-state index in [9.17, 15) is 0 Å². The molecule has 0 saturated heterocycles. The lowest BCUT2D eigenvalue weighted by molar-refractivity contribution is 0.764. The largest absolute Gasteiger partial charge is 0.333 e. The molecule has 2 aromatic heterocycles. The SMILES string of the molecule is N#Cc1cccn1Cc1cnccn1. The molecule has 0 atom stereocenters. The van der Waals surface area contributed by atoms with Crippen molar-refractivity contribution in [2.75, 3.05) is 0 Å². The van der Waals surface area contributed by atoms with Crippen molar-refractivity contribution in [1.29, 1.82) is 5.26 Å². The minimum atomic E-state index is 0.587. The lowest BCUT2D eigenvalue weighted by atomic mass is 10.4. The van der Waals surface area contributed by atoms with E-state index in [1.807, 2.05) is 16.8 Å². The van der Waals surface area contributed by atoms with Gasteiger partial charge in [-0.15, -0.1) is 0 Å². The first-order valence-corrected chi connectivity index (χ1v) is 4.20. The Balaban J connectivity index is 2.24. The molecule has 2 heterocycles. The number of aromatic nitrogens is 3. The second kappa shape index (κ2) is 3.71. The standard InChI is InChI=1S/C10H8N4/c11-6-10-2-1-5-14(10)8-9-7-12-3-4-13-9/h1-5,7H,8H2. The Morgan fingerprint density at radius 1 is 1.43 bits per heavy atom. The summed E-state index contributed by atoms with van der Waals surface area (Å²) in [5.41, 5.74) is 1.48. The fourth-order valence-electron chi connectivity index (χ4n) is 1.24. The maximum atomic E-state index is 8.78. The van der Waals surface area contributed by atoms with Crippen molar-refractivity contribution < 1.29 is 0 Å². The first kappa shape index (κ1) is 8.45. The summed E-state index contributed by atoms with van der Waals surface area (Å²) in [6.45, 7) is 0.587. The van der Waals surface area contributed by atoms with E-state index in [0.717, 1.165) is 5.69 Å². The van der Waals surface area contributed by atoms with Gasteiger partial charge in [0.1, 0.15) is 11.8 Å². The van der Waals surface area contributed by atoms with Gasteiger partial charge in [-0.2, -0.15) is 5.26 Å². The Kier molecular flexibility index (Phi) is 2.24. The highest BCUT2D eigenvalue weighted by Crippen LogP contribution is 2.03. The summed E-state index contributed by atoms with van der Waals surface area (Å²) in [5, 5.41) is 8.78. The molecule has 0 spiro atoms. The molecule has 0 aliphatic heterocycles. The fraction of sp³-hybridized carbons (Fsp3) is 0.100. The number of rotatable bonds is 2. The molecule has 2 rings (SSSR count). The highest BCUT2D eigenvalue weighted by molar-refractivity contribution is 5.22. The maximum absolute atomic E-state index is 8.78. The van der Waals surface area contributed by atoms with Gasteiger partial charge in [0.15, 0.2) is 0 Å². The molecule has 68 valence electrons. The molecule has 0 N–H and O–H groups in total. The summed E-state index contributed by atoms with van der Waals surface area (Å²) in [6.07, 6.45) is 6.82. The molecule has 0 aliphatic carbocycles. The van der Waals surface area contributed by atoms with Crippen molar-refractivity contribution in [3.8, 4) is 6.07 Å². The monoisotopic (exact) mass is 184 g/mol. The van der Waals surface area contributed by atoms with Crippen LogP contribution in [0.2, 0.25) is 0 Å². The molecule has 0 aliphatic rings. The average Bonchev–Trinajstić information content (AvgIpc) is 2.67. The van der Waals surface area contributed by atoms with Crippen molar-refractivity contribution in [3.05, 3.63) is 48.3 Å². The van der Waals surface area contributed by atoms with Crippen LogP contribution >= 0.6 is 0 Å². The minimum Gasteiger partial charge on any atom is -0.333 e. The smallest absolute Gasteiger partial charge is 0.120 e. The van der Waals surface area contributed by atoms with Gasteiger partial charge >= 0.3 is 0 Å². The Morgan fingerprint density at radius 3 is 3.07 bits per heavy atom. The van der Waals surface area contributed by atoms with Crippen LogP contribution < -0.4 is 0 Å². The second-order valence-corrected chi connectivity index (χ2v) is 2.83. The van der Waals surface area contributed by atoms with E-state index in [1.54, 1.807) is 24.7 Å². The van der Waals surface area contributed by atoms with Crippen molar-refractivity contribution in [3.63, 3.8) is 0 Å². The molecular formula is C10H8N4. The molecule has 4 heteroatoms. The highest BCUT2D eigenvalue weighted by Gasteiger charge is 2.00.